The predicted molar refractivity (Wildman–Crippen MR) is 83.1 cm³/mol. The molecule has 0 aromatic carbocycles. The molecule has 1 amide bonds. The zero-order valence-electron chi connectivity index (χ0n) is 11.4. The summed E-state index contributed by atoms with van der Waals surface area (Å²) in [6.45, 7) is 0. The molecule has 0 bridgehead atoms. The highest BCUT2D eigenvalue weighted by atomic mass is 32.1. The van der Waals surface area contributed by atoms with E-state index in [2.05, 4.69) is 10.1 Å². The number of esters is 1. The monoisotopic (exact) mass is 324 g/mol. The van der Waals surface area contributed by atoms with Crippen LogP contribution in [0.15, 0.2) is 35.0 Å². The summed E-state index contributed by atoms with van der Waals surface area (Å²) in [6, 6.07) is 6.25. The first-order chi connectivity index (χ1) is 10.1. The van der Waals surface area contributed by atoms with Crippen LogP contribution in [0.3, 0.4) is 0 Å². The molecule has 0 radical (unpaired) electrons. The van der Waals surface area contributed by atoms with Gasteiger partial charge in [-0.3, -0.25) is 9.59 Å². The van der Waals surface area contributed by atoms with Gasteiger partial charge in [-0.1, -0.05) is 12.1 Å². The lowest BCUT2D eigenvalue weighted by molar-refractivity contribution is -0.141. The van der Waals surface area contributed by atoms with Gasteiger partial charge in [0.05, 0.1) is 19.6 Å². The lowest BCUT2D eigenvalue weighted by atomic mass is 10.1. The van der Waals surface area contributed by atoms with E-state index in [1.165, 1.54) is 29.8 Å². The number of nitrogens with two attached hydrogens (primary N) is 1. The van der Waals surface area contributed by atoms with Crippen LogP contribution in [0, 0.1) is 0 Å². The number of methoxy groups -OCH3 is 1. The smallest absolute Gasteiger partial charge is 0.307 e. The van der Waals surface area contributed by atoms with Gasteiger partial charge >= 0.3 is 5.97 Å². The SMILES string of the molecule is COC(=O)CC(NC(=O)C(N)c1cccs1)c1cccs1. The molecule has 7 heteroatoms. The van der Waals surface area contributed by atoms with Gasteiger partial charge in [0.1, 0.15) is 6.04 Å². The maximum absolute atomic E-state index is 12.2. The Labute approximate surface area is 130 Å². The van der Waals surface area contributed by atoms with Crippen LogP contribution >= 0.6 is 22.7 Å². The van der Waals surface area contributed by atoms with Gasteiger partial charge in [0, 0.05) is 9.75 Å². The van der Waals surface area contributed by atoms with E-state index >= 15 is 0 Å². The molecule has 0 spiro atoms. The van der Waals surface area contributed by atoms with E-state index in [0.29, 0.717) is 0 Å². The van der Waals surface area contributed by atoms with Gasteiger partial charge in [-0.2, -0.15) is 0 Å². The normalized spacial score (nSPS) is 13.4. The number of hydrogen-bond donors (Lipinski definition) is 2. The van der Waals surface area contributed by atoms with E-state index in [1.807, 2.05) is 35.0 Å². The van der Waals surface area contributed by atoms with Crippen LogP contribution in [-0.4, -0.2) is 19.0 Å². The van der Waals surface area contributed by atoms with Crippen molar-refractivity contribution in [2.75, 3.05) is 7.11 Å². The summed E-state index contributed by atoms with van der Waals surface area (Å²) in [5.74, 6) is -0.682. The summed E-state index contributed by atoms with van der Waals surface area (Å²) in [7, 11) is 1.33. The lowest BCUT2D eigenvalue weighted by Gasteiger charge is -2.18. The number of rotatable bonds is 6. The molecule has 0 aliphatic carbocycles. The molecule has 0 fully saturated rings. The minimum atomic E-state index is -0.731. The molecule has 0 aliphatic rings. The maximum Gasteiger partial charge on any atom is 0.307 e. The van der Waals surface area contributed by atoms with E-state index in [-0.39, 0.29) is 18.3 Å². The van der Waals surface area contributed by atoms with E-state index in [9.17, 15) is 9.59 Å². The second kappa shape index (κ2) is 7.35. The molecule has 0 aliphatic heterocycles. The Kier molecular flexibility index (Phi) is 5.49. The standard InChI is InChI=1S/C14H16N2O3S2/c1-19-12(17)8-9(10-4-2-6-20-10)16-14(18)13(15)11-5-3-7-21-11/h2-7,9,13H,8,15H2,1H3,(H,16,18). The van der Waals surface area contributed by atoms with Crippen molar-refractivity contribution in [1.82, 2.24) is 5.32 Å². The van der Waals surface area contributed by atoms with Crippen LogP contribution in [0.1, 0.15) is 28.3 Å². The molecule has 5 nitrogen and oxygen atoms in total. The van der Waals surface area contributed by atoms with Crippen LogP contribution in [0.4, 0.5) is 0 Å². The van der Waals surface area contributed by atoms with Crippen molar-refractivity contribution in [3.8, 4) is 0 Å². The first kappa shape index (κ1) is 15.7. The Hall–Kier alpha value is -1.70. The molecule has 3 N–H and O–H groups in total. The highest BCUT2D eigenvalue weighted by Gasteiger charge is 2.24. The second-order valence-corrected chi connectivity index (χ2v) is 6.31. The van der Waals surface area contributed by atoms with Gasteiger partial charge in [0.25, 0.3) is 0 Å². The minimum Gasteiger partial charge on any atom is -0.469 e. The van der Waals surface area contributed by atoms with Crippen molar-refractivity contribution in [3.63, 3.8) is 0 Å². The van der Waals surface area contributed by atoms with Crippen LogP contribution in [-0.2, 0) is 14.3 Å². The summed E-state index contributed by atoms with van der Waals surface area (Å²) in [6.07, 6.45) is 0.0832. The Balaban J connectivity index is 2.07. The Morgan fingerprint density at radius 2 is 1.86 bits per heavy atom. The van der Waals surface area contributed by atoms with E-state index in [1.54, 1.807) is 0 Å². The van der Waals surface area contributed by atoms with Crippen LogP contribution in [0.5, 0.6) is 0 Å². The molecule has 2 heterocycles. The van der Waals surface area contributed by atoms with Gasteiger partial charge in [-0.15, -0.1) is 22.7 Å². The van der Waals surface area contributed by atoms with Gasteiger partial charge < -0.3 is 15.8 Å². The van der Waals surface area contributed by atoms with Gasteiger partial charge in [0.2, 0.25) is 5.91 Å². The highest BCUT2D eigenvalue weighted by molar-refractivity contribution is 7.10. The molecular formula is C14H16N2O3S2. The number of nitrogens with one attached hydrogen (secondary N) is 1. The number of hydrogen-bond acceptors (Lipinski definition) is 6. The average Bonchev–Trinajstić information content (AvgIpc) is 3.17. The van der Waals surface area contributed by atoms with E-state index in [0.717, 1.165) is 9.75 Å². The molecule has 112 valence electrons. The van der Waals surface area contributed by atoms with Crippen LogP contribution in [0.2, 0.25) is 0 Å². The number of amides is 1. The number of ether oxygens (including phenoxy) is 1. The fourth-order valence-electron chi connectivity index (χ4n) is 1.82. The summed E-state index contributed by atoms with van der Waals surface area (Å²) < 4.78 is 4.68. The molecular weight excluding hydrogens is 308 g/mol. The number of carbonyl (C=O) groups is 2. The van der Waals surface area contributed by atoms with Crippen molar-refractivity contribution in [3.05, 3.63) is 44.8 Å². The molecule has 0 saturated heterocycles. The molecule has 21 heavy (non-hydrogen) atoms. The number of carbonyl (C=O) groups excluding carboxylic acids is 2. The summed E-state index contributed by atoms with van der Waals surface area (Å²) >= 11 is 2.90. The van der Waals surface area contributed by atoms with E-state index in [4.69, 9.17) is 5.73 Å². The zero-order valence-corrected chi connectivity index (χ0v) is 13.1. The van der Waals surface area contributed by atoms with Crippen LogP contribution in [0.25, 0.3) is 0 Å². The van der Waals surface area contributed by atoms with Crippen molar-refractivity contribution >= 4 is 34.6 Å². The van der Waals surface area contributed by atoms with Crippen molar-refractivity contribution in [2.24, 2.45) is 5.73 Å². The van der Waals surface area contributed by atoms with E-state index < -0.39 is 12.1 Å². The first-order valence-corrected chi connectivity index (χ1v) is 8.07. The Morgan fingerprint density at radius 3 is 2.38 bits per heavy atom. The Bertz CT molecular complexity index is 581. The molecule has 2 aromatic heterocycles. The van der Waals surface area contributed by atoms with Gasteiger partial charge in [-0.25, -0.2) is 0 Å². The Morgan fingerprint density at radius 1 is 1.24 bits per heavy atom. The topological polar surface area (TPSA) is 81.4 Å². The molecule has 2 rings (SSSR count). The molecule has 0 saturated carbocycles. The lowest BCUT2D eigenvalue weighted by Crippen LogP contribution is -2.37. The highest BCUT2D eigenvalue weighted by Crippen LogP contribution is 2.24. The fourth-order valence-corrected chi connectivity index (χ4v) is 3.32. The molecule has 2 atom stereocenters. The van der Waals surface area contributed by atoms with Crippen molar-refractivity contribution < 1.29 is 14.3 Å². The number of thiophene rings is 2. The third kappa shape index (κ3) is 4.13. The summed E-state index contributed by atoms with van der Waals surface area (Å²) in [5, 5.41) is 6.59. The average molecular weight is 324 g/mol. The van der Waals surface area contributed by atoms with Crippen molar-refractivity contribution in [2.45, 2.75) is 18.5 Å². The first-order valence-electron chi connectivity index (χ1n) is 6.31. The fraction of sp³-hybridized carbons (Fsp3) is 0.286. The zero-order chi connectivity index (χ0) is 15.2. The second-order valence-electron chi connectivity index (χ2n) is 4.35. The summed E-state index contributed by atoms with van der Waals surface area (Å²) in [5.41, 5.74) is 5.93. The predicted octanol–water partition coefficient (Wildman–Crippen LogP) is 2.23. The minimum absolute atomic E-state index is 0.0832. The third-order valence-electron chi connectivity index (χ3n) is 2.93. The van der Waals surface area contributed by atoms with Crippen molar-refractivity contribution in [1.29, 1.82) is 0 Å². The van der Waals surface area contributed by atoms with Gasteiger partial charge in [0.15, 0.2) is 0 Å². The third-order valence-corrected chi connectivity index (χ3v) is 4.88. The maximum atomic E-state index is 12.2. The quantitative estimate of drug-likeness (QED) is 0.798. The largest absolute Gasteiger partial charge is 0.469 e. The summed E-state index contributed by atoms with van der Waals surface area (Å²) in [4.78, 5) is 25.4. The van der Waals surface area contributed by atoms with Gasteiger partial charge in [-0.05, 0) is 22.9 Å². The molecule has 2 unspecified atom stereocenters. The molecule has 2 aromatic rings. The van der Waals surface area contributed by atoms with Crippen LogP contribution < -0.4 is 11.1 Å².